The zero-order valence-corrected chi connectivity index (χ0v) is 16.3. The van der Waals surface area contributed by atoms with Gasteiger partial charge in [-0.05, 0) is 53.6 Å². The summed E-state index contributed by atoms with van der Waals surface area (Å²) < 4.78 is -0.118. The normalized spacial score (nSPS) is 11.6. The first-order chi connectivity index (χ1) is 12.7. The average Bonchev–Trinajstić information content (AvgIpc) is 2.69. The van der Waals surface area contributed by atoms with E-state index in [9.17, 15) is 0 Å². The molecule has 0 aliphatic heterocycles. The summed E-state index contributed by atoms with van der Waals surface area (Å²) in [7, 11) is 0. The lowest BCUT2D eigenvalue weighted by Gasteiger charge is -2.29. The lowest BCUT2D eigenvalue weighted by atomic mass is 10.1. The van der Waals surface area contributed by atoms with Crippen molar-refractivity contribution in [3.63, 3.8) is 0 Å². The van der Waals surface area contributed by atoms with Gasteiger partial charge < -0.3 is 0 Å². The van der Waals surface area contributed by atoms with Crippen LogP contribution in [0.2, 0.25) is 0 Å². The van der Waals surface area contributed by atoms with Gasteiger partial charge in [-0.25, -0.2) is 0 Å². The van der Waals surface area contributed by atoms with Crippen molar-refractivity contribution in [2.45, 2.75) is 20.8 Å². The molecule has 4 aromatic carbocycles. The van der Waals surface area contributed by atoms with Crippen LogP contribution in [-0.2, 0) is 4.08 Å². The predicted octanol–water partition coefficient (Wildman–Crippen LogP) is 7.60. The van der Waals surface area contributed by atoms with E-state index >= 15 is 0 Å². The highest BCUT2D eigenvalue weighted by molar-refractivity contribution is 8.17. The Hall–Kier alpha value is -2.16. The summed E-state index contributed by atoms with van der Waals surface area (Å²) in [6.07, 6.45) is 0. The maximum absolute atomic E-state index is 2.33. The zero-order chi connectivity index (χ0) is 17.8. The van der Waals surface area contributed by atoms with Gasteiger partial charge in [0.15, 0.2) is 0 Å². The number of rotatable bonds is 5. The minimum Gasteiger partial charge on any atom is -0.103 e. The summed E-state index contributed by atoms with van der Waals surface area (Å²) >= 11 is 3.82. The lowest BCUT2D eigenvalue weighted by molar-refractivity contribution is 1.01. The maximum Gasteiger partial charge on any atom is 0.0925 e. The molecule has 0 saturated carbocycles. The molecule has 0 atom stereocenters. The Balaban J connectivity index is 1.77. The summed E-state index contributed by atoms with van der Waals surface area (Å²) in [4.78, 5) is 2.57. The number of hydrogen-bond donors (Lipinski definition) is 0. The number of benzene rings is 4. The SMILES string of the molecule is CC(Sc1ccccc1)(Sc1ccccc1)c1ccc2ccccc2c1. The maximum atomic E-state index is 2.33. The van der Waals surface area contributed by atoms with Crippen LogP contribution in [-0.4, -0.2) is 0 Å². The Morgan fingerprint density at radius 3 is 1.62 bits per heavy atom. The first-order valence-corrected chi connectivity index (χ1v) is 10.3. The molecule has 0 spiro atoms. The topological polar surface area (TPSA) is 0 Å². The van der Waals surface area contributed by atoms with Crippen molar-refractivity contribution >= 4 is 34.3 Å². The van der Waals surface area contributed by atoms with Gasteiger partial charge in [-0.15, -0.1) is 23.5 Å². The minimum absolute atomic E-state index is 0.118. The second-order valence-corrected chi connectivity index (χ2v) is 9.58. The van der Waals surface area contributed by atoms with Crippen LogP contribution in [0.4, 0.5) is 0 Å². The minimum atomic E-state index is -0.118. The van der Waals surface area contributed by atoms with Crippen molar-refractivity contribution in [3.05, 3.63) is 109 Å². The third-order valence-corrected chi connectivity index (χ3v) is 7.15. The molecule has 0 aliphatic carbocycles. The molecule has 0 bridgehead atoms. The van der Waals surface area contributed by atoms with E-state index in [0.29, 0.717) is 0 Å². The van der Waals surface area contributed by atoms with E-state index < -0.39 is 0 Å². The van der Waals surface area contributed by atoms with E-state index in [1.54, 1.807) is 0 Å². The van der Waals surface area contributed by atoms with Gasteiger partial charge in [0, 0.05) is 9.79 Å². The highest BCUT2D eigenvalue weighted by Gasteiger charge is 2.30. The monoisotopic (exact) mass is 372 g/mol. The van der Waals surface area contributed by atoms with Gasteiger partial charge in [-0.3, -0.25) is 0 Å². The molecule has 4 rings (SSSR count). The van der Waals surface area contributed by atoms with Gasteiger partial charge in [0.2, 0.25) is 0 Å². The van der Waals surface area contributed by atoms with Crippen molar-refractivity contribution in [2.24, 2.45) is 0 Å². The molecule has 0 aliphatic rings. The molecule has 0 radical (unpaired) electrons. The molecule has 26 heavy (non-hydrogen) atoms. The molecule has 128 valence electrons. The third-order valence-electron chi connectivity index (χ3n) is 4.39. The smallest absolute Gasteiger partial charge is 0.0925 e. The molecule has 0 heterocycles. The molecule has 0 fully saturated rings. The van der Waals surface area contributed by atoms with E-state index in [0.717, 1.165) is 0 Å². The Kier molecular flexibility index (Phi) is 5.05. The molecule has 0 aromatic heterocycles. The van der Waals surface area contributed by atoms with Crippen LogP contribution >= 0.6 is 23.5 Å². The first-order valence-electron chi connectivity index (χ1n) is 8.70. The number of hydrogen-bond acceptors (Lipinski definition) is 2. The summed E-state index contributed by atoms with van der Waals surface area (Å²) in [6, 6.07) is 36.7. The van der Waals surface area contributed by atoms with Crippen molar-refractivity contribution in [2.75, 3.05) is 0 Å². The molecular weight excluding hydrogens is 352 g/mol. The second-order valence-electron chi connectivity index (χ2n) is 6.34. The van der Waals surface area contributed by atoms with E-state index in [4.69, 9.17) is 0 Å². The predicted molar refractivity (Wildman–Crippen MR) is 116 cm³/mol. The van der Waals surface area contributed by atoms with Crippen molar-refractivity contribution < 1.29 is 0 Å². The van der Waals surface area contributed by atoms with Crippen molar-refractivity contribution in [3.8, 4) is 0 Å². The first kappa shape index (κ1) is 17.3. The summed E-state index contributed by atoms with van der Waals surface area (Å²) in [5, 5.41) is 2.58. The summed E-state index contributed by atoms with van der Waals surface area (Å²) in [5.74, 6) is 0. The van der Waals surface area contributed by atoms with E-state index in [1.165, 1.54) is 26.1 Å². The van der Waals surface area contributed by atoms with E-state index in [2.05, 4.69) is 110 Å². The Labute approximate surface area is 163 Å². The molecule has 0 nitrogen and oxygen atoms in total. The zero-order valence-electron chi connectivity index (χ0n) is 14.6. The van der Waals surface area contributed by atoms with Gasteiger partial charge in [0.1, 0.15) is 0 Å². The van der Waals surface area contributed by atoms with Crippen LogP contribution < -0.4 is 0 Å². The Bertz CT molecular complexity index is 953. The summed E-state index contributed by atoms with van der Waals surface area (Å²) in [6.45, 7) is 2.33. The van der Waals surface area contributed by atoms with Gasteiger partial charge in [-0.2, -0.15) is 0 Å². The molecule has 2 heteroatoms. The van der Waals surface area contributed by atoms with Crippen LogP contribution in [0.5, 0.6) is 0 Å². The van der Waals surface area contributed by atoms with Gasteiger partial charge >= 0.3 is 0 Å². The third kappa shape index (κ3) is 3.82. The lowest BCUT2D eigenvalue weighted by Crippen LogP contribution is -2.12. The van der Waals surface area contributed by atoms with Gasteiger partial charge in [0.25, 0.3) is 0 Å². The van der Waals surface area contributed by atoms with Crippen LogP contribution in [0.15, 0.2) is 113 Å². The highest BCUT2D eigenvalue weighted by atomic mass is 32.2. The quantitative estimate of drug-likeness (QED) is 0.261. The second kappa shape index (κ2) is 7.61. The van der Waals surface area contributed by atoms with Crippen molar-refractivity contribution in [1.29, 1.82) is 0 Å². The molecule has 0 unspecified atom stereocenters. The van der Waals surface area contributed by atoms with Crippen molar-refractivity contribution in [1.82, 2.24) is 0 Å². The number of thioether (sulfide) groups is 2. The fourth-order valence-electron chi connectivity index (χ4n) is 3.04. The van der Waals surface area contributed by atoms with Crippen LogP contribution in [0, 0.1) is 0 Å². The summed E-state index contributed by atoms with van der Waals surface area (Å²) in [5.41, 5.74) is 1.33. The Morgan fingerprint density at radius 2 is 1.04 bits per heavy atom. The molecular formula is C24H20S2. The number of fused-ring (bicyclic) bond motifs is 1. The van der Waals surface area contributed by atoms with Crippen LogP contribution in [0.25, 0.3) is 10.8 Å². The average molecular weight is 373 g/mol. The van der Waals surface area contributed by atoms with Crippen LogP contribution in [0.3, 0.4) is 0 Å². The van der Waals surface area contributed by atoms with E-state index in [-0.39, 0.29) is 4.08 Å². The van der Waals surface area contributed by atoms with Gasteiger partial charge in [-0.1, -0.05) is 72.8 Å². The van der Waals surface area contributed by atoms with E-state index in [1.807, 2.05) is 23.5 Å². The fourth-order valence-corrected chi connectivity index (χ4v) is 5.76. The van der Waals surface area contributed by atoms with Crippen LogP contribution in [0.1, 0.15) is 12.5 Å². The highest BCUT2D eigenvalue weighted by Crippen LogP contribution is 2.52. The molecule has 4 aromatic rings. The molecule has 0 N–H and O–H groups in total. The largest absolute Gasteiger partial charge is 0.103 e. The molecule has 0 saturated heterocycles. The Morgan fingerprint density at radius 1 is 0.538 bits per heavy atom. The standard InChI is InChI=1S/C24H20S2/c1-24(25-22-12-4-2-5-13-22,26-23-14-6-3-7-15-23)21-17-16-19-10-8-9-11-20(19)18-21/h2-18H,1H3. The molecule has 0 amide bonds. The van der Waals surface area contributed by atoms with Gasteiger partial charge in [0.05, 0.1) is 4.08 Å². The fraction of sp³-hybridized carbons (Fsp3) is 0.0833.